The fraction of sp³-hybridized carbons (Fsp3) is 0.650. The normalized spacial score (nSPS) is 24.4. The molecule has 1 aromatic carbocycles. The van der Waals surface area contributed by atoms with Gasteiger partial charge in [0, 0.05) is 43.8 Å². The molecule has 1 heterocycles. The molecule has 2 N–H and O–H groups in total. The Balaban J connectivity index is 1.67. The molecule has 0 radical (unpaired) electrons. The van der Waals surface area contributed by atoms with Gasteiger partial charge in [0.2, 0.25) is 0 Å². The molecule has 150 valence electrons. The minimum absolute atomic E-state index is 0.0772. The third kappa shape index (κ3) is 4.42. The first-order valence-electron chi connectivity index (χ1n) is 9.44. The average Bonchev–Trinajstić information content (AvgIpc) is 3.40. The van der Waals surface area contributed by atoms with Gasteiger partial charge in [0.15, 0.2) is 5.60 Å². The van der Waals surface area contributed by atoms with E-state index >= 15 is 0 Å². The molecule has 1 aliphatic heterocycles. The van der Waals surface area contributed by atoms with Crippen LogP contribution in [0.25, 0.3) is 0 Å². The summed E-state index contributed by atoms with van der Waals surface area (Å²) in [6, 6.07) is 4.45. The second-order valence-electron chi connectivity index (χ2n) is 8.15. The van der Waals surface area contributed by atoms with Crippen LogP contribution < -0.4 is 4.74 Å². The zero-order valence-corrected chi connectivity index (χ0v) is 16.1. The molecule has 1 aromatic rings. The maximum absolute atomic E-state index is 14.1. The lowest BCUT2D eigenvalue weighted by atomic mass is 9.90. The van der Waals surface area contributed by atoms with E-state index < -0.39 is 11.4 Å². The van der Waals surface area contributed by atoms with Crippen LogP contribution in [0.4, 0.5) is 4.39 Å². The number of likely N-dealkylation sites (tertiary alicyclic amines) is 1. The van der Waals surface area contributed by atoms with E-state index in [-0.39, 0.29) is 31.0 Å². The van der Waals surface area contributed by atoms with E-state index in [0.717, 1.165) is 12.8 Å². The van der Waals surface area contributed by atoms with E-state index in [2.05, 4.69) is 0 Å². The maximum atomic E-state index is 14.1. The molecular formula is C20H29FN2O4. The van der Waals surface area contributed by atoms with Crippen molar-refractivity contribution < 1.29 is 24.1 Å². The molecule has 2 aliphatic rings. The van der Waals surface area contributed by atoms with Crippen LogP contribution in [0.2, 0.25) is 0 Å². The molecule has 2 fully saturated rings. The van der Waals surface area contributed by atoms with E-state index in [4.69, 9.17) is 4.74 Å². The van der Waals surface area contributed by atoms with Crippen molar-refractivity contribution in [1.82, 2.24) is 9.80 Å². The highest BCUT2D eigenvalue weighted by atomic mass is 19.1. The number of carbonyl (C=O) groups excluding carboxylic acids is 1. The van der Waals surface area contributed by atoms with Gasteiger partial charge in [0.1, 0.15) is 11.6 Å². The topological polar surface area (TPSA) is 73.2 Å². The van der Waals surface area contributed by atoms with Crippen LogP contribution in [-0.4, -0.2) is 71.9 Å². The molecule has 1 aliphatic carbocycles. The second kappa shape index (κ2) is 7.73. The smallest absolute Gasteiger partial charge is 0.256 e. The number of nitrogens with zero attached hydrogens (tertiary/aromatic N) is 2. The SMILES string of the molecule is COc1ccc(F)c(CN2CCC[C@](O)(CN(C)CC3(CO)CC3)C2=O)c1. The van der Waals surface area contributed by atoms with Crippen molar-refractivity contribution in [3.8, 4) is 5.75 Å². The summed E-state index contributed by atoms with van der Waals surface area (Å²) in [6.07, 6.45) is 3.00. The van der Waals surface area contributed by atoms with Gasteiger partial charge in [0.05, 0.1) is 7.11 Å². The molecule has 1 atom stereocenters. The zero-order valence-electron chi connectivity index (χ0n) is 16.1. The van der Waals surface area contributed by atoms with Gasteiger partial charge in [-0.3, -0.25) is 4.79 Å². The number of likely N-dealkylation sites (N-methyl/N-ethyl adjacent to an activating group) is 1. The number of halogens is 1. The van der Waals surface area contributed by atoms with Gasteiger partial charge in [-0.05, 0) is 50.9 Å². The van der Waals surface area contributed by atoms with E-state index in [1.54, 1.807) is 6.07 Å². The number of piperidine rings is 1. The van der Waals surface area contributed by atoms with Gasteiger partial charge in [-0.2, -0.15) is 0 Å². The first kappa shape index (κ1) is 20.0. The Morgan fingerprint density at radius 2 is 2.04 bits per heavy atom. The highest BCUT2D eigenvalue weighted by Crippen LogP contribution is 2.45. The molecule has 0 bridgehead atoms. The van der Waals surface area contributed by atoms with Crippen molar-refractivity contribution >= 4 is 5.91 Å². The summed E-state index contributed by atoms with van der Waals surface area (Å²) in [4.78, 5) is 16.4. The molecule has 6 nitrogen and oxygen atoms in total. The van der Waals surface area contributed by atoms with Crippen molar-refractivity contribution in [1.29, 1.82) is 0 Å². The van der Waals surface area contributed by atoms with Crippen LogP contribution in [0.15, 0.2) is 18.2 Å². The number of ether oxygens (including phenoxy) is 1. The van der Waals surface area contributed by atoms with Crippen molar-refractivity contribution in [3.05, 3.63) is 29.6 Å². The number of aliphatic hydroxyl groups is 2. The average molecular weight is 380 g/mol. The predicted molar refractivity (Wildman–Crippen MR) is 98.8 cm³/mol. The molecule has 1 saturated carbocycles. The van der Waals surface area contributed by atoms with Crippen LogP contribution >= 0.6 is 0 Å². The minimum Gasteiger partial charge on any atom is -0.497 e. The summed E-state index contributed by atoms with van der Waals surface area (Å²) >= 11 is 0. The van der Waals surface area contributed by atoms with Crippen LogP contribution in [0, 0.1) is 11.2 Å². The quantitative estimate of drug-likeness (QED) is 0.713. The minimum atomic E-state index is -1.48. The fourth-order valence-corrected chi connectivity index (χ4v) is 3.99. The van der Waals surface area contributed by atoms with Crippen molar-refractivity contribution in [3.63, 3.8) is 0 Å². The van der Waals surface area contributed by atoms with Crippen LogP contribution in [0.1, 0.15) is 31.2 Å². The van der Waals surface area contributed by atoms with Crippen molar-refractivity contribution in [2.24, 2.45) is 5.41 Å². The van der Waals surface area contributed by atoms with E-state index in [0.29, 0.717) is 37.2 Å². The van der Waals surface area contributed by atoms with Crippen LogP contribution in [-0.2, 0) is 11.3 Å². The van der Waals surface area contributed by atoms with Crippen LogP contribution in [0.3, 0.4) is 0 Å². The van der Waals surface area contributed by atoms with Gasteiger partial charge in [0.25, 0.3) is 5.91 Å². The Labute approximate surface area is 159 Å². The standard InChI is InChI=1S/C20H29FN2O4/c1-22(12-19(14-24)7-8-19)13-20(26)6-3-9-23(18(20)25)11-15-10-16(27-2)4-5-17(15)21/h4-5,10,24,26H,3,6-9,11-14H2,1-2H3/t20-/m0/s1. The number of rotatable bonds is 8. The number of benzene rings is 1. The number of methoxy groups -OCH3 is 1. The molecule has 0 aromatic heterocycles. The summed E-state index contributed by atoms with van der Waals surface area (Å²) in [5.74, 6) is -0.227. The van der Waals surface area contributed by atoms with Gasteiger partial charge in [-0.15, -0.1) is 0 Å². The fourth-order valence-electron chi connectivity index (χ4n) is 3.99. The lowest BCUT2D eigenvalue weighted by Gasteiger charge is -2.40. The summed E-state index contributed by atoms with van der Waals surface area (Å²) in [6.45, 7) is 1.59. The molecule has 27 heavy (non-hydrogen) atoms. The molecule has 1 saturated heterocycles. The first-order valence-corrected chi connectivity index (χ1v) is 9.44. The summed E-state index contributed by atoms with van der Waals surface area (Å²) in [5, 5.41) is 20.5. The molecule has 7 heteroatoms. The molecule has 1 amide bonds. The van der Waals surface area contributed by atoms with E-state index in [9.17, 15) is 19.4 Å². The molecule has 3 rings (SSSR count). The van der Waals surface area contributed by atoms with Crippen molar-refractivity contribution in [2.45, 2.75) is 37.8 Å². The van der Waals surface area contributed by atoms with Crippen molar-refractivity contribution in [2.75, 3.05) is 40.4 Å². The Morgan fingerprint density at radius 1 is 1.30 bits per heavy atom. The number of hydrogen-bond acceptors (Lipinski definition) is 5. The third-order valence-electron chi connectivity index (χ3n) is 5.75. The summed E-state index contributed by atoms with van der Waals surface area (Å²) < 4.78 is 19.3. The largest absolute Gasteiger partial charge is 0.497 e. The van der Waals surface area contributed by atoms with Gasteiger partial charge < -0.3 is 24.7 Å². The third-order valence-corrected chi connectivity index (χ3v) is 5.75. The molecule has 0 spiro atoms. The lowest BCUT2D eigenvalue weighted by Crippen LogP contribution is -2.58. The predicted octanol–water partition coefficient (Wildman–Crippen LogP) is 1.39. The molecular weight excluding hydrogens is 351 g/mol. The van der Waals surface area contributed by atoms with Gasteiger partial charge in [-0.1, -0.05) is 0 Å². The van der Waals surface area contributed by atoms with Gasteiger partial charge >= 0.3 is 0 Å². The number of aliphatic hydroxyl groups excluding tert-OH is 1. The summed E-state index contributed by atoms with van der Waals surface area (Å²) in [5.41, 5.74) is -1.18. The van der Waals surface area contributed by atoms with Gasteiger partial charge in [-0.25, -0.2) is 4.39 Å². The Hall–Kier alpha value is -1.70. The highest BCUT2D eigenvalue weighted by molar-refractivity contribution is 5.86. The van der Waals surface area contributed by atoms with E-state index in [1.807, 2.05) is 11.9 Å². The molecule has 0 unspecified atom stereocenters. The van der Waals surface area contributed by atoms with Crippen LogP contribution in [0.5, 0.6) is 5.75 Å². The maximum Gasteiger partial charge on any atom is 0.256 e. The number of hydrogen-bond donors (Lipinski definition) is 2. The Bertz CT molecular complexity index is 695. The first-order chi connectivity index (χ1) is 12.8. The second-order valence-corrected chi connectivity index (χ2v) is 8.15. The highest BCUT2D eigenvalue weighted by Gasteiger charge is 2.46. The summed E-state index contributed by atoms with van der Waals surface area (Å²) in [7, 11) is 3.37. The lowest BCUT2D eigenvalue weighted by molar-refractivity contribution is -0.160. The van der Waals surface area contributed by atoms with E-state index in [1.165, 1.54) is 24.1 Å². The number of amides is 1. The Kier molecular flexibility index (Phi) is 5.74. The monoisotopic (exact) mass is 380 g/mol. The zero-order chi connectivity index (χ0) is 19.7. The Morgan fingerprint density at radius 3 is 2.67 bits per heavy atom. The number of carbonyl (C=O) groups is 1.